The minimum absolute atomic E-state index is 0.405. The average Bonchev–Trinajstić information content (AvgIpc) is 2.90. The number of aliphatic hydroxyl groups excluding tert-OH is 1. The van der Waals surface area contributed by atoms with Crippen molar-refractivity contribution in [2.45, 2.75) is 33.0 Å². The van der Waals surface area contributed by atoms with Crippen LogP contribution in [0.2, 0.25) is 0 Å². The van der Waals surface area contributed by atoms with Crippen LogP contribution in [0.5, 0.6) is 0 Å². The third kappa shape index (κ3) is 3.45. The Labute approximate surface area is 106 Å². The van der Waals surface area contributed by atoms with E-state index in [9.17, 15) is 5.11 Å². The van der Waals surface area contributed by atoms with Gasteiger partial charge in [0.2, 0.25) is 0 Å². The molecule has 0 unspecified atom stereocenters. The van der Waals surface area contributed by atoms with Gasteiger partial charge in [-0.15, -0.1) is 0 Å². The van der Waals surface area contributed by atoms with Crippen LogP contribution in [0.15, 0.2) is 28.9 Å². The number of furan rings is 1. The molecule has 0 radical (unpaired) electrons. The second kappa shape index (κ2) is 5.84. The molecule has 0 bridgehead atoms. The van der Waals surface area contributed by atoms with Crippen molar-refractivity contribution in [1.29, 1.82) is 0 Å². The van der Waals surface area contributed by atoms with Gasteiger partial charge in [0.1, 0.15) is 19.2 Å². The molecule has 0 saturated heterocycles. The Kier molecular flexibility index (Phi) is 4.17. The van der Waals surface area contributed by atoms with Gasteiger partial charge in [-0.3, -0.25) is 4.68 Å². The summed E-state index contributed by atoms with van der Waals surface area (Å²) in [7, 11) is 0. The molecule has 5 heteroatoms. The summed E-state index contributed by atoms with van der Waals surface area (Å²) in [5.74, 6) is 0.924. The first-order valence-corrected chi connectivity index (χ1v) is 6.18. The van der Waals surface area contributed by atoms with E-state index in [1.165, 1.54) is 0 Å². The maximum atomic E-state index is 9.94. The Hall–Kier alpha value is -1.59. The molecule has 2 rings (SSSR count). The van der Waals surface area contributed by atoms with Crippen molar-refractivity contribution in [3.8, 4) is 0 Å². The molecule has 0 aliphatic carbocycles. The summed E-state index contributed by atoms with van der Waals surface area (Å²) in [6.45, 7) is 5.88. The van der Waals surface area contributed by atoms with Crippen LogP contribution >= 0.6 is 0 Å². The topological polar surface area (TPSA) is 67.8 Å². The van der Waals surface area contributed by atoms with E-state index < -0.39 is 6.10 Å². The van der Waals surface area contributed by atoms with E-state index >= 15 is 0 Å². The zero-order chi connectivity index (χ0) is 13.0. The molecule has 0 fully saturated rings. The van der Waals surface area contributed by atoms with Crippen LogP contribution in [-0.4, -0.2) is 27.5 Å². The zero-order valence-corrected chi connectivity index (χ0v) is 10.8. The van der Waals surface area contributed by atoms with Crippen LogP contribution in [0.4, 0.5) is 0 Å². The molecular weight excluding hydrogens is 230 g/mol. The third-order valence-corrected chi connectivity index (χ3v) is 2.85. The summed E-state index contributed by atoms with van der Waals surface area (Å²) in [4.78, 5) is 0. The predicted molar refractivity (Wildman–Crippen MR) is 66.9 cm³/mol. The largest absolute Gasteiger partial charge is 0.463 e. The first-order valence-electron chi connectivity index (χ1n) is 6.18. The van der Waals surface area contributed by atoms with Crippen molar-refractivity contribution in [2.75, 3.05) is 6.54 Å². The van der Waals surface area contributed by atoms with E-state index in [0.717, 1.165) is 23.7 Å². The molecule has 3 N–H and O–H groups in total. The lowest BCUT2D eigenvalue weighted by molar-refractivity contribution is -0.678. The molecule has 1 atom stereocenters. The van der Waals surface area contributed by atoms with Crippen LogP contribution in [0.1, 0.15) is 17.1 Å². The number of aromatic nitrogens is 2. The smallest absolute Gasteiger partial charge is 0.157 e. The minimum atomic E-state index is -0.405. The highest BCUT2D eigenvalue weighted by molar-refractivity contribution is 5.06. The van der Waals surface area contributed by atoms with Crippen molar-refractivity contribution < 1.29 is 14.8 Å². The van der Waals surface area contributed by atoms with E-state index in [1.807, 2.05) is 42.0 Å². The number of nitrogens with zero attached hydrogens (tertiary/aromatic N) is 2. The molecular formula is C13H20N3O2+. The fourth-order valence-corrected chi connectivity index (χ4v) is 1.98. The highest BCUT2D eigenvalue weighted by Crippen LogP contribution is 2.02. The van der Waals surface area contributed by atoms with E-state index in [-0.39, 0.29) is 0 Å². The molecule has 0 aliphatic rings. The fourth-order valence-electron chi connectivity index (χ4n) is 1.98. The van der Waals surface area contributed by atoms with Gasteiger partial charge in [-0.25, -0.2) is 0 Å². The van der Waals surface area contributed by atoms with Crippen LogP contribution in [0.25, 0.3) is 0 Å². The number of quaternary nitrogens is 1. The van der Waals surface area contributed by atoms with Crippen molar-refractivity contribution in [2.24, 2.45) is 0 Å². The standard InChI is InChI=1S/C13H19N3O2/c1-10-6-11(2)16(15-10)9-12(17)7-14-8-13-4-3-5-18-13/h3-6,12,14,17H,7-9H2,1-2H3/p+1/t12-/m0/s1. The highest BCUT2D eigenvalue weighted by Gasteiger charge is 2.10. The summed E-state index contributed by atoms with van der Waals surface area (Å²) in [6, 6.07) is 5.82. The molecule has 0 aliphatic heterocycles. The lowest BCUT2D eigenvalue weighted by Crippen LogP contribution is -2.85. The fraction of sp³-hybridized carbons (Fsp3) is 0.462. The second-order valence-electron chi connectivity index (χ2n) is 4.57. The number of aliphatic hydroxyl groups is 1. The predicted octanol–water partition coefficient (Wildman–Crippen LogP) is 0.217. The minimum Gasteiger partial charge on any atom is -0.463 e. The van der Waals surface area contributed by atoms with Crippen LogP contribution in [0, 0.1) is 13.8 Å². The van der Waals surface area contributed by atoms with Gasteiger partial charge in [0, 0.05) is 5.69 Å². The Morgan fingerprint density at radius 3 is 2.94 bits per heavy atom. The zero-order valence-electron chi connectivity index (χ0n) is 10.8. The summed E-state index contributed by atoms with van der Waals surface area (Å²) in [5, 5.41) is 16.3. The molecule has 5 nitrogen and oxygen atoms in total. The number of hydrogen-bond acceptors (Lipinski definition) is 3. The SMILES string of the molecule is Cc1cc(C)n(C[C@@H](O)C[NH2+]Cc2ccco2)n1. The molecule has 18 heavy (non-hydrogen) atoms. The number of hydrogen-bond donors (Lipinski definition) is 2. The number of nitrogens with two attached hydrogens (primary N) is 1. The molecule has 0 spiro atoms. The van der Waals surface area contributed by atoms with Gasteiger partial charge < -0.3 is 14.8 Å². The average molecular weight is 250 g/mol. The summed E-state index contributed by atoms with van der Waals surface area (Å²) >= 11 is 0. The van der Waals surface area contributed by atoms with E-state index in [2.05, 4.69) is 5.10 Å². The van der Waals surface area contributed by atoms with Crippen molar-refractivity contribution in [3.63, 3.8) is 0 Å². The van der Waals surface area contributed by atoms with Gasteiger partial charge in [0.15, 0.2) is 5.76 Å². The summed E-state index contributed by atoms with van der Waals surface area (Å²) in [5.41, 5.74) is 2.07. The normalized spacial score (nSPS) is 12.8. The van der Waals surface area contributed by atoms with Crippen molar-refractivity contribution in [1.82, 2.24) is 9.78 Å². The van der Waals surface area contributed by atoms with Gasteiger partial charge in [-0.05, 0) is 32.0 Å². The first-order chi connectivity index (χ1) is 8.65. The first kappa shape index (κ1) is 12.9. The summed E-state index contributed by atoms with van der Waals surface area (Å²) in [6.07, 6.45) is 1.26. The molecule has 98 valence electrons. The van der Waals surface area contributed by atoms with Gasteiger partial charge in [0.25, 0.3) is 0 Å². The van der Waals surface area contributed by atoms with Crippen LogP contribution < -0.4 is 5.32 Å². The quantitative estimate of drug-likeness (QED) is 0.770. The van der Waals surface area contributed by atoms with Crippen LogP contribution in [0.3, 0.4) is 0 Å². The molecule has 2 aromatic heterocycles. The molecule has 2 heterocycles. The highest BCUT2D eigenvalue weighted by atomic mass is 16.3. The van der Waals surface area contributed by atoms with Gasteiger partial charge in [0.05, 0.1) is 18.5 Å². The van der Waals surface area contributed by atoms with Crippen LogP contribution in [-0.2, 0) is 13.1 Å². The van der Waals surface area contributed by atoms with E-state index in [4.69, 9.17) is 4.42 Å². The van der Waals surface area contributed by atoms with Gasteiger partial charge in [-0.2, -0.15) is 5.10 Å². The monoisotopic (exact) mass is 250 g/mol. The maximum Gasteiger partial charge on any atom is 0.157 e. The lowest BCUT2D eigenvalue weighted by Gasteiger charge is -2.10. The van der Waals surface area contributed by atoms with Crippen molar-refractivity contribution in [3.05, 3.63) is 41.6 Å². The summed E-state index contributed by atoms with van der Waals surface area (Å²) < 4.78 is 7.07. The van der Waals surface area contributed by atoms with Gasteiger partial charge >= 0.3 is 0 Å². The van der Waals surface area contributed by atoms with E-state index in [0.29, 0.717) is 13.1 Å². The lowest BCUT2D eigenvalue weighted by atomic mass is 10.3. The second-order valence-corrected chi connectivity index (χ2v) is 4.57. The van der Waals surface area contributed by atoms with Crippen molar-refractivity contribution >= 4 is 0 Å². The molecule has 0 saturated carbocycles. The molecule has 2 aromatic rings. The van der Waals surface area contributed by atoms with Gasteiger partial charge in [-0.1, -0.05) is 0 Å². The Morgan fingerprint density at radius 2 is 2.33 bits per heavy atom. The molecule has 0 amide bonds. The Balaban J connectivity index is 1.75. The maximum absolute atomic E-state index is 9.94. The van der Waals surface area contributed by atoms with E-state index in [1.54, 1.807) is 6.26 Å². The number of rotatable bonds is 6. The number of aryl methyl sites for hydroxylation is 2. The Morgan fingerprint density at radius 1 is 1.50 bits per heavy atom. The Bertz CT molecular complexity index is 476. The molecule has 0 aromatic carbocycles. The third-order valence-electron chi connectivity index (χ3n) is 2.85.